The Morgan fingerprint density at radius 2 is 1.41 bits per heavy atom. The SMILES string of the molecule is CC(C)C(NC(=O)C(NC(=O)C(CCCCN)NC(=O)C(N)CC(=O)O)C(C)O)C(=O)O. The van der Waals surface area contributed by atoms with Crippen LogP contribution in [0.4, 0.5) is 0 Å². The van der Waals surface area contributed by atoms with Gasteiger partial charge in [0.1, 0.15) is 18.1 Å². The van der Waals surface area contributed by atoms with Gasteiger partial charge in [-0.05, 0) is 38.6 Å². The minimum absolute atomic E-state index is 0.118. The van der Waals surface area contributed by atoms with Crippen molar-refractivity contribution in [3.63, 3.8) is 0 Å². The highest BCUT2D eigenvalue weighted by molar-refractivity contribution is 5.95. The molecule has 5 unspecified atom stereocenters. The number of amides is 3. The van der Waals surface area contributed by atoms with Crippen LogP contribution in [-0.2, 0) is 24.0 Å². The van der Waals surface area contributed by atoms with E-state index < -0.39 is 72.3 Å². The van der Waals surface area contributed by atoms with E-state index in [0.29, 0.717) is 19.4 Å². The highest BCUT2D eigenvalue weighted by Crippen LogP contribution is 2.06. The lowest BCUT2D eigenvalue weighted by Crippen LogP contribution is -2.60. The number of carbonyl (C=O) groups excluding carboxylic acids is 3. The number of hydrogen-bond acceptors (Lipinski definition) is 8. The summed E-state index contributed by atoms with van der Waals surface area (Å²) in [6, 6.07) is -5.31. The summed E-state index contributed by atoms with van der Waals surface area (Å²) in [6.07, 6.45) is -0.936. The molecule has 184 valence electrons. The molecule has 13 heteroatoms. The maximum absolute atomic E-state index is 12.8. The predicted octanol–water partition coefficient (Wildman–Crippen LogP) is -2.51. The van der Waals surface area contributed by atoms with Gasteiger partial charge in [-0.2, -0.15) is 0 Å². The third-order valence-electron chi connectivity index (χ3n) is 4.60. The van der Waals surface area contributed by atoms with Gasteiger partial charge >= 0.3 is 11.9 Å². The fraction of sp³-hybridized carbons (Fsp3) is 0.737. The van der Waals surface area contributed by atoms with Crippen LogP contribution >= 0.6 is 0 Å². The Balaban J connectivity index is 5.43. The predicted molar refractivity (Wildman–Crippen MR) is 113 cm³/mol. The zero-order valence-corrected chi connectivity index (χ0v) is 18.5. The number of unbranched alkanes of at least 4 members (excludes halogenated alkanes) is 1. The molecule has 3 amide bonds. The molecule has 0 aliphatic carbocycles. The first-order chi connectivity index (χ1) is 14.8. The van der Waals surface area contributed by atoms with E-state index in [1.165, 1.54) is 6.92 Å². The van der Waals surface area contributed by atoms with Crippen molar-refractivity contribution in [3.8, 4) is 0 Å². The Labute approximate surface area is 186 Å². The molecular formula is C19H35N5O8. The van der Waals surface area contributed by atoms with Crippen molar-refractivity contribution in [1.29, 1.82) is 0 Å². The standard InChI is InChI=1S/C19H35N5O8/c1-9(2)14(19(31)32)23-18(30)15(10(3)25)24-17(29)12(6-4-5-7-20)22-16(28)11(21)8-13(26)27/h9-12,14-15,25H,4-8,20-21H2,1-3H3,(H,22,28)(H,23,30)(H,24,29)(H,26,27)(H,31,32). The summed E-state index contributed by atoms with van der Waals surface area (Å²) in [5.74, 6) is -5.63. The Hall–Kier alpha value is -2.77. The lowest BCUT2D eigenvalue weighted by molar-refractivity contribution is -0.144. The van der Waals surface area contributed by atoms with Gasteiger partial charge in [0.05, 0.1) is 18.6 Å². The maximum atomic E-state index is 12.8. The van der Waals surface area contributed by atoms with Crippen molar-refractivity contribution >= 4 is 29.7 Å². The summed E-state index contributed by atoms with van der Waals surface area (Å²) in [5.41, 5.74) is 11.0. The van der Waals surface area contributed by atoms with Crippen molar-refractivity contribution in [2.45, 2.75) is 76.7 Å². The third kappa shape index (κ3) is 10.5. The van der Waals surface area contributed by atoms with E-state index in [-0.39, 0.29) is 6.42 Å². The van der Waals surface area contributed by atoms with Crippen LogP contribution in [0.2, 0.25) is 0 Å². The Bertz CT molecular complexity index is 670. The van der Waals surface area contributed by atoms with E-state index in [2.05, 4.69) is 16.0 Å². The number of carboxylic acid groups (broad SMARTS) is 2. The zero-order chi connectivity index (χ0) is 25.0. The molecular weight excluding hydrogens is 426 g/mol. The topological polar surface area (TPSA) is 234 Å². The van der Waals surface area contributed by atoms with Crippen LogP contribution < -0.4 is 27.4 Å². The highest BCUT2D eigenvalue weighted by atomic mass is 16.4. The van der Waals surface area contributed by atoms with Gasteiger partial charge in [-0.25, -0.2) is 4.79 Å². The molecule has 0 aliphatic heterocycles. The van der Waals surface area contributed by atoms with Gasteiger partial charge in [0.15, 0.2) is 0 Å². The van der Waals surface area contributed by atoms with E-state index in [1.54, 1.807) is 13.8 Å². The number of hydrogen-bond donors (Lipinski definition) is 8. The van der Waals surface area contributed by atoms with Crippen LogP contribution in [0.1, 0.15) is 46.5 Å². The van der Waals surface area contributed by atoms with Gasteiger partial charge in [0, 0.05) is 0 Å². The minimum Gasteiger partial charge on any atom is -0.481 e. The van der Waals surface area contributed by atoms with Crippen molar-refractivity contribution in [2.75, 3.05) is 6.54 Å². The molecule has 0 aliphatic rings. The summed E-state index contributed by atoms with van der Waals surface area (Å²) in [4.78, 5) is 59.6. The highest BCUT2D eigenvalue weighted by Gasteiger charge is 2.33. The van der Waals surface area contributed by atoms with Crippen LogP contribution in [0.25, 0.3) is 0 Å². The molecule has 0 heterocycles. The zero-order valence-electron chi connectivity index (χ0n) is 18.5. The molecule has 0 aromatic rings. The van der Waals surface area contributed by atoms with E-state index >= 15 is 0 Å². The summed E-state index contributed by atoms with van der Waals surface area (Å²) in [7, 11) is 0. The second kappa shape index (κ2) is 14.3. The molecule has 0 radical (unpaired) electrons. The second-order valence-corrected chi connectivity index (χ2v) is 7.85. The number of nitrogens with two attached hydrogens (primary N) is 2. The summed E-state index contributed by atoms with van der Waals surface area (Å²) >= 11 is 0. The van der Waals surface area contributed by atoms with Gasteiger partial charge in [-0.3, -0.25) is 19.2 Å². The van der Waals surface area contributed by atoms with Crippen molar-refractivity contribution in [1.82, 2.24) is 16.0 Å². The van der Waals surface area contributed by atoms with Crippen LogP contribution in [0.5, 0.6) is 0 Å². The van der Waals surface area contributed by atoms with E-state index in [9.17, 15) is 34.2 Å². The van der Waals surface area contributed by atoms with E-state index in [0.717, 1.165) is 0 Å². The van der Waals surface area contributed by atoms with Gasteiger partial charge in [0.2, 0.25) is 17.7 Å². The van der Waals surface area contributed by atoms with Crippen molar-refractivity contribution in [2.24, 2.45) is 17.4 Å². The second-order valence-electron chi connectivity index (χ2n) is 7.85. The van der Waals surface area contributed by atoms with Crippen LogP contribution in [-0.4, -0.2) is 81.8 Å². The average molecular weight is 462 g/mol. The molecule has 0 bridgehead atoms. The largest absolute Gasteiger partial charge is 0.481 e. The number of nitrogens with one attached hydrogen (secondary N) is 3. The molecule has 0 aromatic heterocycles. The van der Waals surface area contributed by atoms with E-state index in [1.807, 2.05) is 0 Å². The van der Waals surface area contributed by atoms with Crippen molar-refractivity contribution < 1.29 is 39.3 Å². The molecule has 5 atom stereocenters. The summed E-state index contributed by atoms with van der Waals surface area (Å²) < 4.78 is 0. The minimum atomic E-state index is -1.50. The monoisotopic (exact) mass is 461 g/mol. The number of aliphatic carboxylic acids is 2. The smallest absolute Gasteiger partial charge is 0.326 e. The Morgan fingerprint density at radius 3 is 1.84 bits per heavy atom. The van der Waals surface area contributed by atoms with Gasteiger partial charge in [-0.1, -0.05) is 13.8 Å². The number of carboxylic acids is 2. The first-order valence-electron chi connectivity index (χ1n) is 10.3. The van der Waals surface area contributed by atoms with Crippen LogP contribution in [0, 0.1) is 5.92 Å². The number of rotatable bonds is 15. The van der Waals surface area contributed by atoms with Gasteiger partial charge < -0.3 is 42.7 Å². The molecule has 0 aromatic carbocycles. The summed E-state index contributed by atoms with van der Waals surface area (Å²) in [6.45, 7) is 4.74. The van der Waals surface area contributed by atoms with Crippen molar-refractivity contribution in [3.05, 3.63) is 0 Å². The molecule has 0 rings (SSSR count). The Kier molecular flexibility index (Phi) is 13.1. The molecule has 0 fully saturated rings. The normalized spacial score (nSPS) is 15.7. The number of aliphatic hydroxyl groups excluding tert-OH is 1. The lowest BCUT2D eigenvalue weighted by atomic mass is 10.0. The molecule has 32 heavy (non-hydrogen) atoms. The van der Waals surface area contributed by atoms with Crippen LogP contribution in [0.15, 0.2) is 0 Å². The third-order valence-corrected chi connectivity index (χ3v) is 4.60. The molecule has 0 saturated heterocycles. The molecule has 0 spiro atoms. The fourth-order valence-electron chi connectivity index (χ4n) is 2.74. The molecule has 0 saturated carbocycles. The van der Waals surface area contributed by atoms with Crippen LogP contribution in [0.3, 0.4) is 0 Å². The molecule has 10 N–H and O–H groups in total. The first kappa shape index (κ1) is 29.2. The number of carbonyl (C=O) groups is 5. The lowest BCUT2D eigenvalue weighted by Gasteiger charge is -2.27. The van der Waals surface area contributed by atoms with Gasteiger partial charge in [0.25, 0.3) is 0 Å². The molecule has 13 nitrogen and oxygen atoms in total. The average Bonchev–Trinajstić information content (AvgIpc) is 2.67. The fourth-order valence-corrected chi connectivity index (χ4v) is 2.74. The number of aliphatic hydroxyl groups is 1. The van der Waals surface area contributed by atoms with E-state index in [4.69, 9.17) is 16.6 Å². The summed E-state index contributed by atoms with van der Waals surface area (Å²) in [5, 5.41) is 34.9. The Morgan fingerprint density at radius 1 is 0.844 bits per heavy atom. The first-order valence-corrected chi connectivity index (χ1v) is 10.3. The maximum Gasteiger partial charge on any atom is 0.326 e. The quantitative estimate of drug-likeness (QED) is 0.119. The van der Waals surface area contributed by atoms with Gasteiger partial charge in [-0.15, -0.1) is 0 Å².